The van der Waals surface area contributed by atoms with Crippen LogP contribution in [-0.4, -0.2) is 18.2 Å². The molecular formula is C20H18BrIN2O3. The number of carbonyl (C=O) groups excluding carboxylic acids is 1. The van der Waals surface area contributed by atoms with Gasteiger partial charge in [-0.25, -0.2) is 5.43 Å². The van der Waals surface area contributed by atoms with Crippen LogP contribution in [0.1, 0.15) is 36.4 Å². The molecule has 0 saturated heterocycles. The first kappa shape index (κ1) is 19.9. The van der Waals surface area contributed by atoms with Gasteiger partial charge in [0.1, 0.15) is 11.3 Å². The minimum absolute atomic E-state index is 0.177. The van der Waals surface area contributed by atoms with Crippen molar-refractivity contribution in [3.8, 4) is 5.75 Å². The van der Waals surface area contributed by atoms with Gasteiger partial charge in [0.15, 0.2) is 5.76 Å². The number of furan rings is 1. The van der Waals surface area contributed by atoms with Crippen LogP contribution in [0.2, 0.25) is 0 Å². The van der Waals surface area contributed by atoms with Crippen LogP contribution in [0.5, 0.6) is 5.75 Å². The van der Waals surface area contributed by atoms with Crippen LogP contribution < -0.4 is 10.2 Å². The molecule has 3 rings (SSSR count). The molecule has 0 unspecified atom stereocenters. The molecule has 0 radical (unpaired) electrons. The van der Waals surface area contributed by atoms with Crippen LogP contribution in [0.4, 0.5) is 0 Å². The molecule has 0 spiro atoms. The van der Waals surface area contributed by atoms with Crippen LogP contribution in [0.15, 0.2) is 56.5 Å². The van der Waals surface area contributed by atoms with Crippen LogP contribution in [-0.2, 0) is 0 Å². The molecule has 5 nitrogen and oxygen atoms in total. The molecule has 1 N–H and O–H groups in total. The number of hydrogen-bond acceptors (Lipinski definition) is 4. The lowest BCUT2D eigenvalue weighted by Crippen LogP contribution is -2.16. The molecule has 1 atom stereocenters. The number of halogens is 2. The van der Waals surface area contributed by atoms with E-state index in [1.54, 1.807) is 12.3 Å². The Morgan fingerprint density at radius 2 is 2.07 bits per heavy atom. The van der Waals surface area contributed by atoms with E-state index in [1.807, 2.05) is 43.3 Å². The molecule has 0 aliphatic rings. The van der Waals surface area contributed by atoms with Gasteiger partial charge in [-0.1, -0.05) is 22.9 Å². The second kappa shape index (κ2) is 8.88. The Hall–Kier alpha value is -1.87. The van der Waals surface area contributed by atoms with Gasteiger partial charge in [0.05, 0.1) is 15.9 Å². The largest absolute Gasteiger partial charge is 0.491 e. The van der Waals surface area contributed by atoms with Gasteiger partial charge in [-0.15, -0.1) is 0 Å². The standard InChI is InChI=1S/C20H18BrIN2O3/c1-3-12(2)26-16-6-4-13(5-7-16)11-23-24-20(25)18-9-14-8-15(21)10-17(22)19(14)27-18/h4-12H,3H2,1-2H3,(H,24,25)/b23-11-/t12-/m0/s1. The Morgan fingerprint density at radius 3 is 2.78 bits per heavy atom. The molecule has 0 saturated carbocycles. The van der Waals surface area contributed by atoms with Gasteiger partial charge in [0.2, 0.25) is 0 Å². The number of nitrogens with zero attached hydrogens (tertiary/aromatic N) is 1. The second-order valence-electron chi connectivity index (χ2n) is 6.02. The predicted octanol–water partition coefficient (Wildman–Crippen LogP) is 5.74. The van der Waals surface area contributed by atoms with Crippen molar-refractivity contribution in [3.63, 3.8) is 0 Å². The van der Waals surface area contributed by atoms with E-state index in [2.05, 4.69) is 56.0 Å². The first-order valence-corrected chi connectivity index (χ1v) is 10.3. The third-order valence-electron chi connectivity index (χ3n) is 3.93. The summed E-state index contributed by atoms with van der Waals surface area (Å²) in [5, 5.41) is 4.86. The molecule has 0 aliphatic heterocycles. The predicted molar refractivity (Wildman–Crippen MR) is 119 cm³/mol. The van der Waals surface area contributed by atoms with E-state index >= 15 is 0 Å². The maximum atomic E-state index is 12.3. The van der Waals surface area contributed by atoms with E-state index in [4.69, 9.17) is 9.15 Å². The SMILES string of the molecule is CC[C@H](C)Oc1ccc(/C=N\NC(=O)c2cc3cc(Br)cc(I)c3o2)cc1. The number of ether oxygens (including phenoxy) is 1. The summed E-state index contributed by atoms with van der Waals surface area (Å²) >= 11 is 5.61. The lowest BCUT2D eigenvalue weighted by Gasteiger charge is -2.12. The van der Waals surface area contributed by atoms with E-state index in [0.717, 1.165) is 31.2 Å². The third-order valence-corrected chi connectivity index (χ3v) is 5.19. The third kappa shape index (κ3) is 5.10. The van der Waals surface area contributed by atoms with E-state index < -0.39 is 5.91 Å². The minimum Gasteiger partial charge on any atom is -0.491 e. The van der Waals surface area contributed by atoms with Gasteiger partial charge >= 0.3 is 5.91 Å². The Kier molecular flexibility index (Phi) is 6.54. The summed E-state index contributed by atoms with van der Waals surface area (Å²) < 4.78 is 13.3. The highest BCUT2D eigenvalue weighted by atomic mass is 127. The lowest BCUT2D eigenvalue weighted by molar-refractivity contribution is 0.0929. The van der Waals surface area contributed by atoms with Crippen molar-refractivity contribution >= 4 is 61.6 Å². The van der Waals surface area contributed by atoms with Crippen molar-refractivity contribution in [2.75, 3.05) is 0 Å². The Labute approximate surface area is 179 Å². The molecule has 3 aromatic rings. The molecule has 0 aliphatic carbocycles. The molecule has 27 heavy (non-hydrogen) atoms. The van der Waals surface area contributed by atoms with Crippen LogP contribution in [0.25, 0.3) is 11.0 Å². The fourth-order valence-electron chi connectivity index (χ4n) is 2.36. The summed E-state index contributed by atoms with van der Waals surface area (Å²) in [7, 11) is 0. The van der Waals surface area contributed by atoms with Crippen molar-refractivity contribution in [1.82, 2.24) is 5.43 Å². The highest BCUT2D eigenvalue weighted by Crippen LogP contribution is 2.28. The fraction of sp³-hybridized carbons (Fsp3) is 0.200. The average molecular weight is 541 g/mol. The quantitative estimate of drug-likeness (QED) is 0.246. The van der Waals surface area contributed by atoms with Crippen LogP contribution in [0.3, 0.4) is 0 Å². The molecular weight excluding hydrogens is 523 g/mol. The van der Waals surface area contributed by atoms with Crippen molar-refractivity contribution in [3.05, 3.63) is 61.8 Å². The Bertz CT molecular complexity index is 983. The first-order valence-electron chi connectivity index (χ1n) is 8.45. The molecule has 1 heterocycles. The highest BCUT2D eigenvalue weighted by Gasteiger charge is 2.14. The summed E-state index contributed by atoms with van der Waals surface area (Å²) in [5.41, 5.74) is 4.03. The second-order valence-corrected chi connectivity index (χ2v) is 8.10. The van der Waals surface area contributed by atoms with Crippen LogP contribution >= 0.6 is 38.5 Å². The summed E-state index contributed by atoms with van der Waals surface area (Å²) in [6.07, 6.45) is 2.71. The lowest BCUT2D eigenvalue weighted by atomic mass is 10.2. The van der Waals surface area contributed by atoms with Crippen LogP contribution in [0, 0.1) is 3.57 Å². The molecule has 140 valence electrons. The van der Waals surface area contributed by atoms with Gasteiger partial charge < -0.3 is 9.15 Å². The number of hydrogen-bond donors (Lipinski definition) is 1. The number of amides is 1. The Morgan fingerprint density at radius 1 is 1.33 bits per heavy atom. The number of fused-ring (bicyclic) bond motifs is 1. The molecule has 1 aromatic heterocycles. The summed E-state index contributed by atoms with van der Waals surface area (Å²) in [5.74, 6) is 0.634. The van der Waals surface area contributed by atoms with E-state index in [9.17, 15) is 4.79 Å². The van der Waals surface area contributed by atoms with Crippen molar-refractivity contribution < 1.29 is 13.9 Å². The number of benzene rings is 2. The summed E-state index contributed by atoms with van der Waals surface area (Å²) in [6.45, 7) is 4.11. The molecule has 0 bridgehead atoms. The minimum atomic E-state index is -0.397. The average Bonchev–Trinajstić information content (AvgIpc) is 3.07. The molecule has 1 amide bonds. The number of hydrazone groups is 1. The van der Waals surface area contributed by atoms with Gasteiger partial charge in [0, 0.05) is 9.86 Å². The zero-order chi connectivity index (χ0) is 19.4. The maximum Gasteiger partial charge on any atom is 0.307 e. The van der Waals surface area contributed by atoms with Crippen molar-refractivity contribution in [1.29, 1.82) is 0 Å². The highest BCUT2D eigenvalue weighted by molar-refractivity contribution is 14.1. The monoisotopic (exact) mass is 540 g/mol. The number of carbonyl (C=O) groups is 1. The Balaban J connectivity index is 1.64. The van der Waals surface area contributed by atoms with Gasteiger partial charge in [-0.2, -0.15) is 5.10 Å². The normalized spacial score (nSPS) is 12.4. The fourth-order valence-corrected chi connectivity index (χ4v) is 4.02. The topological polar surface area (TPSA) is 63.8 Å². The zero-order valence-corrected chi connectivity index (χ0v) is 18.6. The first-order chi connectivity index (χ1) is 13.0. The zero-order valence-electron chi connectivity index (χ0n) is 14.8. The van der Waals surface area contributed by atoms with Gasteiger partial charge in [0.25, 0.3) is 0 Å². The van der Waals surface area contributed by atoms with E-state index in [1.165, 1.54) is 0 Å². The molecule has 7 heteroatoms. The van der Waals surface area contributed by atoms with Crippen molar-refractivity contribution in [2.24, 2.45) is 5.10 Å². The number of rotatable bonds is 6. The maximum absolute atomic E-state index is 12.3. The van der Waals surface area contributed by atoms with Gasteiger partial charge in [-0.3, -0.25) is 4.79 Å². The molecule has 0 fully saturated rings. The van der Waals surface area contributed by atoms with Crippen molar-refractivity contribution in [2.45, 2.75) is 26.4 Å². The van der Waals surface area contributed by atoms with E-state index in [-0.39, 0.29) is 11.9 Å². The summed E-state index contributed by atoms with van der Waals surface area (Å²) in [4.78, 5) is 12.3. The van der Waals surface area contributed by atoms with E-state index in [0.29, 0.717) is 5.58 Å². The molecule has 2 aromatic carbocycles. The number of nitrogens with one attached hydrogen (secondary N) is 1. The van der Waals surface area contributed by atoms with Gasteiger partial charge in [-0.05, 0) is 84.0 Å². The smallest absolute Gasteiger partial charge is 0.307 e. The summed E-state index contributed by atoms with van der Waals surface area (Å²) in [6, 6.07) is 13.1.